The molecule has 0 spiro atoms. The predicted octanol–water partition coefficient (Wildman–Crippen LogP) is 1.64. The third-order valence-corrected chi connectivity index (χ3v) is 1.96. The van der Waals surface area contributed by atoms with E-state index in [1.54, 1.807) is 10.9 Å². The van der Waals surface area contributed by atoms with Gasteiger partial charge in [0.1, 0.15) is 0 Å². The van der Waals surface area contributed by atoms with Gasteiger partial charge in [0.15, 0.2) is 0 Å². The molecule has 1 aromatic heterocycles. The number of aliphatic hydroxyl groups excluding tert-OH is 1. The summed E-state index contributed by atoms with van der Waals surface area (Å²) in [5.41, 5.74) is 1.83. The Morgan fingerprint density at radius 3 is 2.62 bits per heavy atom. The van der Waals surface area contributed by atoms with Gasteiger partial charge in [-0.3, -0.25) is 0 Å². The van der Waals surface area contributed by atoms with Crippen LogP contribution >= 0.6 is 0 Å². The topological polar surface area (TPSA) is 38.0 Å². The van der Waals surface area contributed by atoms with Crippen LogP contribution in [-0.2, 0) is 5.41 Å². The molecule has 1 N–H and O–H groups in total. The Balaban J connectivity index is 2.93. The first kappa shape index (κ1) is 9.99. The Hall–Kier alpha value is -1.09. The molecule has 0 aliphatic carbocycles. The van der Waals surface area contributed by atoms with Crippen LogP contribution in [0, 0.1) is 0 Å². The third-order valence-electron chi connectivity index (χ3n) is 1.96. The van der Waals surface area contributed by atoms with Crippen molar-refractivity contribution in [3.63, 3.8) is 0 Å². The van der Waals surface area contributed by atoms with E-state index in [-0.39, 0.29) is 12.0 Å². The second-order valence-electron chi connectivity index (χ2n) is 4.15. The van der Waals surface area contributed by atoms with E-state index in [0.717, 1.165) is 5.56 Å². The summed E-state index contributed by atoms with van der Waals surface area (Å²) in [5.74, 6) is 0. The standard InChI is InChI=1S/C10H16N2O/c1-8(7-13)12-6-9(5-11-12)10(2,3)4/h5-6,13H,1,7H2,2-4H3. The zero-order chi connectivity index (χ0) is 10.1. The van der Waals surface area contributed by atoms with E-state index in [4.69, 9.17) is 5.11 Å². The molecule has 0 saturated heterocycles. The first-order chi connectivity index (χ1) is 5.95. The fourth-order valence-electron chi connectivity index (χ4n) is 0.955. The molecule has 0 saturated carbocycles. The molecule has 0 aliphatic rings. The lowest BCUT2D eigenvalue weighted by Gasteiger charge is -2.15. The van der Waals surface area contributed by atoms with Crippen LogP contribution in [0.25, 0.3) is 5.70 Å². The molecule has 72 valence electrons. The van der Waals surface area contributed by atoms with Crippen molar-refractivity contribution in [3.8, 4) is 0 Å². The number of aromatic nitrogens is 2. The highest BCUT2D eigenvalue weighted by molar-refractivity contribution is 5.41. The second kappa shape index (κ2) is 3.34. The van der Waals surface area contributed by atoms with Gasteiger partial charge in [-0.25, -0.2) is 4.68 Å². The SMILES string of the molecule is C=C(CO)n1cc(C(C)(C)C)cn1. The van der Waals surface area contributed by atoms with Gasteiger partial charge in [-0.05, 0) is 11.0 Å². The lowest BCUT2D eigenvalue weighted by molar-refractivity contribution is 0.342. The van der Waals surface area contributed by atoms with Crippen molar-refractivity contribution in [1.82, 2.24) is 9.78 Å². The first-order valence-corrected chi connectivity index (χ1v) is 4.29. The summed E-state index contributed by atoms with van der Waals surface area (Å²) < 4.78 is 1.61. The van der Waals surface area contributed by atoms with Crippen LogP contribution in [0.15, 0.2) is 19.0 Å². The molecule has 3 nitrogen and oxygen atoms in total. The van der Waals surface area contributed by atoms with Crippen molar-refractivity contribution in [2.45, 2.75) is 26.2 Å². The smallest absolute Gasteiger partial charge is 0.0847 e. The van der Waals surface area contributed by atoms with Gasteiger partial charge >= 0.3 is 0 Å². The number of aliphatic hydroxyl groups is 1. The summed E-state index contributed by atoms with van der Waals surface area (Å²) >= 11 is 0. The molecule has 0 aromatic carbocycles. The average Bonchev–Trinajstić information content (AvgIpc) is 2.50. The van der Waals surface area contributed by atoms with Crippen molar-refractivity contribution in [3.05, 3.63) is 24.5 Å². The highest BCUT2D eigenvalue weighted by Crippen LogP contribution is 2.21. The lowest BCUT2D eigenvalue weighted by atomic mass is 9.90. The van der Waals surface area contributed by atoms with Crippen LogP contribution in [0.3, 0.4) is 0 Å². The van der Waals surface area contributed by atoms with E-state index in [1.807, 2.05) is 6.20 Å². The summed E-state index contributed by atoms with van der Waals surface area (Å²) in [6.07, 6.45) is 3.71. The summed E-state index contributed by atoms with van der Waals surface area (Å²) in [5, 5.41) is 13.0. The van der Waals surface area contributed by atoms with Crippen molar-refractivity contribution in [2.24, 2.45) is 0 Å². The van der Waals surface area contributed by atoms with Gasteiger partial charge in [-0.1, -0.05) is 27.4 Å². The number of hydrogen-bond acceptors (Lipinski definition) is 2. The first-order valence-electron chi connectivity index (χ1n) is 4.29. The average molecular weight is 180 g/mol. The third kappa shape index (κ3) is 2.18. The summed E-state index contributed by atoms with van der Waals surface area (Å²) in [4.78, 5) is 0. The van der Waals surface area contributed by atoms with Crippen molar-refractivity contribution < 1.29 is 5.11 Å². The van der Waals surface area contributed by atoms with Crippen LogP contribution in [0.2, 0.25) is 0 Å². The molecule has 0 atom stereocenters. The van der Waals surface area contributed by atoms with Crippen LogP contribution in [0.5, 0.6) is 0 Å². The van der Waals surface area contributed by atoms with Crippen molar-refractivity contribution >= 4 is 5.70 Å². The minimum atomic E-state index is -0.0642. The van der Waals surface area contributed by atoms with Crippen molar-refractivity contribution in [1.29, 1.82) is 0 Å². The number of nitrogens with zero attached hydrogens (tertiary/aromatic N) is 2. The largest absolute Gasteiger partial charge is 0.390 e. The minimum Gasteiger partial charge on any atom is -0.390 e. The van der Waals surface area contributed by atoms with Gasteiger partial charge in [0, 0.05) is 6.20 Å². The maximum absolute atomic E-state index is 8.84. The van der Waals surface area contributed by atoms with E-state index in [0.29, 0.717) is 5.70 Å². The molecule has 0 unspecified atom stereocenters. The van der Waals surface area contributed by atoms with Gasteiger partial charge in [-0.2, -0.15) is 5.10 Å². The highest BCUT2D eigenvalue weighted by atomic mass is 16.3. The molecule has 1 rings (SSSR count). The van der Waals surface area contributed by atoms with Gasteiger partial charge < -0.3 is 5.11 Å². The van der Waals surface area contributed by atoms with Crippen molar-refractivity contribution in [2.75, 3.05) is 6.61 Å². The minimum absolute atomic E-state index is 0.0642. The molecule has 0 bridgehead atoms. The predicted molar refractivity (Wildman–Crippen MR) is 53.3 cm³/mol. The second-order valence-corrected chi connectivity index (χ2v) is 4.15. The van der Waals surface area contributed by atoms with Gasteiger partial charge in [-0.15, -0.1) is 0 Å². The van der Waals surface area contributed by atoms with E-state index >= 15 is 0 Å². The van der Waals surface area contributed by atoms with E-state index in [2.05, 4.69) is 32.4 Å². The monoisotopic (exact) mass is 180 g/mol. The Morgan fingerprint density at radius 1 is 1.62 bits per heavy atom. The van der Waals surface area contributed by atoms with Gasteiger partial charge in [0.2, 0.25) is 0 Å². The molecule has 0 aliphatic heterocycles. The summed E-state index contributed by atoms with van der Waals surface area (Å²) in [6, 6.07) is 0. The zero-order valence-electron chi connectivity index (χ0n) is 8.41. The fourth-order valence-corrected chi connectivity index (χ4v) is 0.955. The normalized spacial score (nSPS) is 11.7. The molecule has 0 radical (unpaired) electrons. The molecular formula is C10H16N2O. The molecule has 3 heteroatoms. The molecule has 1 heterocycles. The maximum atomic E-state index is 8.84. The quantitative estimate of drug-likeness (QED) is 0.751. The Labute approximate surface area is 78.7 Å². The van der Waals surface area contributed by atoms with E-state index in [9.17, 15) is 0 Å². The van der Waals surface area contributed by atoms with Crippen LogP contribution < -0.4 is 0 Å². The van der Waals surface area contributed by atoms with E-state index in [1.165, 1.54) is 0 Å². The van der Waals surface area contributed by atoms with Crippen LogP contribution in [0.4, 0.5) is 0 Å². The lowest BCUT2D eigenvalue weighted by Crippen LogP contribution is -2.09. The highest BCUT2D eigenvalue weighted by Gasteiger charge is 2.15. The molecule has 1 aromatic rings. The molecule has 13 heavy (non-hydrogen) atoms. The molecule has 0 amide bonds. The van der Waals surface area contributed by atoms with Crippen LogP contribution in [0.1, 0.15) is 26.3 Å². The van der Waals surface area contributed by atoms with Gasteiger partial charge in [0.05, 0.1) is 18.5 Å². The van der Waals surface area contributed by atoms with Gasteiger partial charge in [0.25, 0.3) is 0 Å². The number of hydrogen-bond donors (Lipinski definition) is 1. The Morgan fingerprint density at radius 2 is 2.23 bits per heavy atom. The van der Waals surface area contributed by atoms with E-state index < -0.39 is 0 Å². The zero-order valence-corrected chi connectivity index (χ0v) is 8.41. The fraction of sp³-hybridized carbons (Fsp3) is 0.500. The number of rotatable bonds is 2. The Bertz CT molecular complexity index is 307. The maximum Gasteiger partial charge on any atom is 0.0847 e. The Kier molecular flexibility index (Phi) is 2.57. The summed E-state index contributed by atoms with van der Waals surface area (Å²) in [6.45, 7) is 9.99. The molecular weight excluding hydrogens is 164 g/mol. The summed E-state index contributed by atoms with van der Waals surface area (Å²) in [7, 11) is 0. The molecule has 0 fully saturated rings. The van der Waals surface area contributed by atoms with Crippen LogP contribution in [-0.4, -0.2) is 21.5 Å².